The van der Waals surface area contributed by atoms with Crippen molar-refractivity contribution >= 4 is 27.6 Å². The van der Waals surface area contributed by atoms with Crippen LogP contribution < -0.4 is 10.5 Å². The van der Waals surface area contributed by atoms with E-state index < -0.39 is 43.7 Å². The molecule has 1 fully saturated rings. The Morgan fingerprint density at radius 2 is 2.15 bits per heavy atom. The van der Waals surface area contributed by atoms with E-state index in [1.807, 2.05) is 0 Å². The van der Waals surface area contributed by atoms with Gasteiger partial charge in [-0.1, -0.05) is 12.0 Å². The minimum absolute atomic E-state index is 0.0143. The lowest BCUT2D eigenvalue weighted by Crippen LogP contribution is -2.58. The maximum atomic E-state index is 14.9. The second-order valence-electron chi connectivity index (χ2n) is 8.31. The number of amidine groups is 1. The summed E-state index contributed by atoms with van der Waals surface area (Å²) in [6.07, 6.45) is 8.60. The monoisotopic (exact) mass is 490 g/mol. The lowest BCUT2D eigenvalue weighted by Gasteiger charge is -2.39. The zero-order valence-electron chi connectivity index (χ0n) is 18.1. The highest BCUT2D eigenvalue weighted by atomic mass is 32.2. The summed E-state index contributed by atoms with van der Waals surface area (Å²) in [5.41, 5.74) is 4.39. The Bertz CT molecular complexity index is 1340. The molecule has 3 heterocycles. The normalized spacial score (nSPS) is 27.7. The number of aromatic nitrogens is 2. The Kier molecular flexibility index (Phi) is 5.89. The number of ether oxygens (including phenoxy) is 1. The molecule has 7 nitrogen and oxygen atoms in total. The molecule has 3 atom stereocenters. The molecule has 1 saturated heterocycles. The predicted octanol–water partition coefficient (Wildman–Crippen LogP) is 2.97. The lowest BCUT2D eigenvalue weighted by atomic mass is 9.86. The molecule has 2 bridgehead atoms. The van der Waals surface area contributed by atoms with E-state index in [9.17, 15) is 21.6 Å². The highest BCUT2D eigenvalue weighted by Gasteiger charge is 2.65. The van der Waals surface area contributed by atoms with E-state index in [2.05, 4.69) is 20.9 Å². The Balaban J connectivity index is 1.72. The van der Waals surface area contributed by atoms with Gasteiger partial charge in [-0.15, -0.1) is 6.42 Å². The van der Waals surface area contributed by atoms with Gasteiger partial charge in [0.25, 0.3) is 0 Å². The van der Waals surface area contributed by atoms with Gasteiger partial charge < -0.3 is 10.5 Å². The smallest absolute Gasteiger partial charge is 0.233 e. The molecule has 11 heteroatoms. The van der Waals surface area contributed by atoms with Gasteiger partial charge in [0.2, 0.25) is 5.88 Å². The molecule has 0 amide bonds. The summed E-state index contributed by atoms with van der Waals surface area (Å²) in [4.78, 5) is 12.1. The molecule has 0 saturated carbocycles. The van der Waals surface area contributed by atoms with Gasteiger partial charge in [0, 0.05) is 5.56 Å². The van der Waals surface area contributed by atoms with Crippen molar-refractivity contribution in [2.45, 2.75) is 35.3 Å². The topological polar surface area (TPSA) is 108 Å². The maximum absolute atomic E-state index is 14.9. The van der Waals surface area contributed by atoms with Crippen molar-refractivity contribution in [3.63, 3.8) is 0 Å². The number of hydrogen-bond acceptors (Lipinski definition) is 7. The first-order valence-electron chi connectivity index (χ1n) is 10.3. The molecular formula is C23H21F3N4O3S. The Hall–Kier alpha value is -3.39. The maximum Gasteiger partial charge on any atom is 0.233 e. The van der Waals surface area contributed by atoms with Crippen LogP contribution in [0.1, 0.15) is 36.6 Å². The van der Waals surface area contributed by atoms with E-state index in [0.29, 0.717) is 0 Å². The van der Waals surface area contributed by atoms with Gasteiger partial charge in [0.1, 0.15) is 29.6 Å². The van der Waals surface area contributed by atoms with Crippen LogP contribution in [0.15, 0.2) is 35.6 Å². The third-order valence-electron chi connectivity index (χ3n) is 6.40. The summed E-state index contributed by atoms with van der Waals surface area (Å²) >= 11 is 0. The molecule has 0 unspecified atom stereocenters. The van der Waals surface area contributed by atoms with E-state index in [1.165, 1.54) is 25.3 Å². The van der Waals surface area contributed by atoms with Gasteiger partial charge in [-0.05, 0) is 43.5 Å². The van der Waals surface area contributed by atoms with Crippen LogP contribution in [0.3, 0.4) is 0 Å². The van der Waals surface area contributed by atoms with Gasteiger partial charge in [-0.2, -0.15) is 0 Å². The van der Waals surface area contributed by atoms with Crippen molar-refractivity contribution in [3.05, 3.63) is 53.2 Å². The van der Waals surface area contributed by atoms with Crippen LogP contribution in [0.4, 0.5) is 13.2 Å². The SMILES string of the molecule is C#CCOc1cnc(/C(F)=C/c2ccc(F)c([C@@]3(C)N=C(N)[C@@]4(CF)CC[C@@H]3S4(=O)=O)c2)cn1. The summed E-state index contributed by atoms with van der Waals surface area (Å²) < 4.78 is 73.1. The molecule has 2 aromatic rings. The molecule has 1 aromatic carbocycles. The summed E-state index contributed by atoms with van der Waals surface area (Å²) in [6.45, 7) is 0.235. The molecule has 2 N–H and O–H groups in total. The number of hydrogen-bond donors (Lipinski definition) is 1. The fourth-order valence-corrected chi connectivity index (χ4v) is 7.18. The summed E-state index contributed by atoms with van der Waals surface area (Å²) in [5.74, 6) is 0.518. The van der Waals surface area contributed by atoms with Crippen LogP contribution in [0.2, 0.25) is 0 Å². The molecule has 1 aromatic heterocycles. The zero-order valence-corrected chi connectivity index (χ0v) is 18.9. The standard InChI is InChI=1S/C23H21F3N4O3S/c1-3-8-33-20-12-28-18(11-29-20)17(26)10-14-4-5-16(25)15(9-14)22(2)19-6-7-23(13-24,21(27)30-22)34(19,31)32/h1,4-5,9-12,19H,6-8,13H2,2H3,(H2,27,30)/b17-10-/t19-,22+,23-/m0/s1. The lowest BCUT2D eigenvalue weighted by molar-refractivity contribution is 0.353. The molecule has 34 heavy (non-hydrogen) atoms. The Labute approximate surface area is 194 Å². The third kappa shape index (κ3) is 3.53. The van der Waals surface area contributed by atoms with Crippen molar-refractivity contribution in [2.75, 3.05) is 13.3 Å². The first-order valence-corrected chi connectivity index (χ1v) is 11.8. The quantitative estimate of drug-likeness (QED) is 0.624. The minimum atomic E-state index is -4.08. The van der Waals surface area contributed by atoms with Crippen LogP contribution in [-0.4, -0.2) is 47.5 Å². The molecule has 0 aliphatic carbocycles. The number of nitrogens with two attached hydrogens (primary N) is 1. The van der Waals surface area contributed by atoms with Crippen molar-refractivity contribution in [3.8, 4) is 18.2 Å². The number of sulfone groups is 1. The number of aliphatic imine (C=N–C) groups is 1. The number of fused-ring (bicyclic) bond motifs is 2. The van der Waals surface area contributed by atoms with Crippen molar-refractivity contribution < 1.29 is 26.3 Å². The van der Waals surface area contributed by atoms with E-state index in [-0.39, 0.29) is 48.0 Å². The average Bonchev–Trinajstić information content (AvgIpc) is 3.02. The van der Waals surface area contributed by atoms with Crippen molar-refractivity contribution in [1.82, 2.24) is 9.97 Å². The molecule has 178 valence electrons. The Morgan fingerprint density at radius 3 is 2.79 bits per heavy atom. The second-order valence-corrected chi connectivity index (χ2v) is 10.7. The largest absolute Gasteiger partial charge is 0.463 e. The highest BCUT2D eigenvalue weighted by Crippen LogP contribution is 2.51. The molecule has 2 aliphatic heterocycles. The number of terminal acetylenes is 1. The van der Waals surface area contributed by atoms with E-state index in [4.69, 9.17) is 16.9 Å². The zero-order chi connectivity index (χ0) is 24.7. The number of rotatable bonds is 6. The first-order chi connectivity index (χ1) is 16.1. The van der Waals surface area contributed by atoms with E-state index in [0.717, 1.165) is 18.3 Å². The van der Waals surface area contributed by atoms with Crippen LogP contribution in [0.5, 0.6) is 5.88 Å². The number of halogens is 3. The number of nitrogens with zero attached hydrogens (tertiary/aromatic N) is 3. The fraction of sp³-hybridized carbons (Fsp3) is 0.348. The second kappa shape index (κ2) is 8.43. The van der Waals surface area contributed by atoms with E-state index in [1.54, 1.807) is 0 Å². The van der Waals surface area contributed by atoms with Crippen LogP contribution >= 0.6 is 0 Å². The van der Waals surface area contributed by atoms with Crippen LogP contribution in [0.25, 0.3) is 11.9 Å². The minimum Gasteiger partial charge on any atom is -0.463 e. The molecule has 4 rings (SSSR count). The summed E-state index contributed by atoms with van der Waals surface area (Å²) in [5, 5.41) is -1.16. The van der Waals surface area contributed by atoms with Gasteiger partial charge in [0.05, 0.1) is 17.6 Å². The van der Waals surface area contributed by atoms with Crippen LogP contribution in [-0.2, 0) is 15.4 Å². The average molecular weight is 491 g/mol. The van der Waals surface area contributed by atoms with E-state index >= 15 is 0 Å². The summed E-state index contributed by atoms with van der Waals surface area (Å²) in [7, 11) is -4.08. The number of benzene rings is 1. The molecule has 2 aliphatic rings. The Morgan fingerprint density at radius 1 is 1.38 bits per heavy atom. The van der Waals surface area contributed by atoms with Gasteiger partial charge in [-0.25, -0.2) is 31.6 Å². The van der Waals surface area contributed by atoms with Gasteiger partial charge >= 0.3 is 0 Å². The summed E-state index contributed by atoms with van der Waals surface area (Å²) in [6, 6.07) is 3.72. The molecular weight excluding hydrogens is 469 g/mol. The van der Waals surface area contributed by atoms with Gasteiger partial charge in [0.15, 0.2) is 27.0 Å². The molecule has 0 radical (unpaired) electrons. The molecule has 0 spiro atoms. The van der Waals surface area contributed by atoms with Crippen LogP contribution in [0, 0.1) is 18.2 Å². The third-order valence-corrected chi connectivity index (χ3v) is 9.45. The first kappa shape index (κ1) is 23.8. The van der Waals surface area contributed by atoms with Crippen molar-refractivity contribution in [2.24, 2.45) is 10.7 Å². The van der Waals surface area contributed by atoms with Crippen molar-refractivity contribution in [1.29, 1.82) is 0 Å². The van der Waals surface area contributed by atoms with Gasteiger partial charge in [-0.3, -0.25) is 4.99 Å². The number of alkyl halides is 1. The predicted molar refractivity (Wildman–Crippen MR) is 121 cm³/mol. The highest BCUT2D eigenvalue weighted by molar-refractivity contribution is 7.94. The fourth-order valence-electron chi connectivity index (χ4n) is 4.53.